The highest BCUT2D eigenvalue weighted by Crippen LogP contribution is 2.17. The molecule has 8 heteroatoms. The molecule has 1 saturated heterocycles. The topological polar surface area (TPSA) is 65.2 Å². The first-order chi connectivity index (χ1) is 11.6. The molecule has 0 spiro atoms. The molecular formula is C16H15BrFN5O. The molecule has 0 aliphatic carbocycles. The van der Waals surface area contributed by atoms with Crippen LogP contribution in [-0.4, -0.2) is 46.8 Å². The lowest BCUT2D eigenvalue weighted by Gasteiger charge is -2.36. The van der Waals surface area contributed by atoms with Crippen LogP contribution in [0.4, 0.5) is 10.1 Å². The van der Waals surface area contributed by atoms with Crippen molar-refractivity contribution in [1.29, 1.82) is 5.26 Å². The van der Waals surface area contributed by atoms with E-state index in [9.17, 15) is 9.18 Å². The maximum atomic E-state index is 13.0. The third kappa shape index (κ3) is 3.57. The molecule has 1 aromatic carbocycles. The first-order valence-corrected chi connectivity index (χ1v) is 8.27. The van der Waals surface area contributed by atoms with Crippen LogP contribution in [0.3, 0.4) is 0 Å². The van der Waals surface area contributed by atoms with Crippen LogP contribution in [0.2, 0.25) is 0 Å². The van der Waals surface area contributed by atoms with Gasteiger partial charge in [-0.05, 0) is 40.2 Å². The summed E-state index contributed by atoms with van der Waals surface area (Å²) in [4.78, 5) is 16.3. The molecule has 0 atom stereocenters. The van der Waals surface area contributed by atoms with Gasteiger partial charge < -0.3 is 9.80 Å². The maximum Gasteiger partial charge on any atom is 0.244 e. The van der Waals surface area contributed by atoms with Gasteiger partial charge >= 0.3 is 0 Å². The molecule has 1 aromatic heterocycles. The third-order valence-corrected chi connectivity index (χ3v) is 4.54. The number of nitrogens with zero attached hydrogens (tertiary/aromatic N) is 5. The number of piperazine rings is 1. The number of aromatic nitrogens is 2. The highest BCUT2D eigenvalue weighted by Gasteiger charge is 2.22. The lowest BCUT2D eigenvalue weighted by molar-refractivity contribution is -0.132. The Morgan fingerprint density at radius 2 is 1.92 bits per heavy atom. The predicted octanol–water partition coefficient (Wildman–Crippen LogP) is 2.01. The molecule has 3 rings (SSSR count). The van der Waals surface area contributed by atoms with Crippen LogP contribution in [0.1, 0.15) is 5.56 Å². The number of rotatable bonds is 3. The van der Waals surface area contributed by atoms with Crippen molar-refractivity contribution in [3.63, 3.8) is 0 Å². The summed E-state index contributed by atoms with van der Waals surface area (Å²) in [7, 11) is 0. The van der Waals surface area contributed by atoms with E-state index in [1.54, 1.807) is 23.2 Å². The number of carbonyl (C=O) groups is 1. The largest absolute Gasteiger partial charge is 0.368 e. The summed E-state index contributed by atoms with van der Waals surface area (Å²) in [6.45, 7) is 2.71. The molecule has 124 valence electrons. The van der Waals surface area contributed by atoms with Gasteiger partial charge in [-0.3, -0.25) is 9.48 Å². The average Bonchev–Trinajstić information content (AvgIpc) is 2.95. The molecule has 0 radical (unpaired) electrons. The van der Waals surface area contributed by atoms with E-state index in [2.05, 4.69) is 25.9 Å². The zero-order valence-corrected chi connectivity index (χ0v) is 14.4. The highest BCUT2D eigenvalue weighted by atomic mass is 79.9. The van der Waals surface area contributed by atoms with Crippen molar-refractivity contribution in [3.05, 3.63) is 46.4 Å². The number of anilines is 1. The second-order valence-electron chi connectivity index (χ2n) is 5.49. The smallest absolute Gasteiger partial charge is 0.244 e. The van der Waals surface area contributed by atoms with Gasteiger partial charge in [-0.2, -0.15) is 10.4 Å². The molecule has 1 aliphatic rings. The van der Waals surface area contributed by atoms with Gasteiger partial charge in [0.25, 0.3) is 0 Å². The van der Waals surface area contributed by atoms with Gasteiger partial charge in [-0.15, -0.1) is 0 Å². The fourth-order valence-electron chi connectivity index (χ4n) is 2.66. The number of benzene rings is 1. The highest BCUT2D eigenvalue weighted by molar-refractivity contribution is 9.10. The number of hydrogen-bond acceptors (Lipinski definition) is 4. The second kappa shape index (κ2) is 7.01. The lowest BCUT2D eigenvalue weighted by Crippen LogP contribution is -2.49. The molecular weight excluding hydrogens is 377 g/mol. The van der Waals surface area contributed by atoms with Gasteiger partial charge in [-0.1, -0.05) is 0 Å². The number of nitriles is 1. The van der Waals surface area contributed by atoms with Crippen molar-refractivity contribution < 1.29 is 9.18 Å². The first kappa shape index (κ1) is 16.5. The van der Waals surface area contributed by atoms with Crippen molar-refractivity contribution in [3.8, 4) is 6.07 Å². The predicted molar refractivity (Wildman–Crippen MR) is 89.8 cm³/mol. The normalized spacial score (nSPS) is 14.5. The van der Waals surface area contributed by atoms with Crippen LogP contribution in [0.25, 0.3) is 0 Å². The van der Waals surface area contributed by atoms with Gasteiger partial charge in [0.2, 0.25) is 5.91 Å². The van der Waals surface area contributed by atoms with Gasteiger partial charge in [0.15, 0.2) is 0 Å². The fourth-order valence-corrected chi connectivity index (χ4v) is 3.05. The van der Waals surface area contributed by atoms with Crippen LogP contribution in [0, 0.1) is 17.1 Å². The van der Waals surface area contributed by atoms with Crippen molar-refractivity contribution >= 4 is 27.5 Å². The SMILES string of the molecule is N#Cc1cn(CC(=O)N2CCN(c3ccc(F)cc3)CC2)nc1Br. The van der Waals surface area contributed by atoms with E-state index < -0.39 is 0 Å². The van der Waals surface area contributed by atoms with Crippen LogP contribution in [0.15, 0.2) is 35.1 Å². The second-order valence-corrected chi connectivity index (χ2v) is 6.24. The maximum absolute atomic E-state index is 13.0. The Bertz CT molecular complexity index is 775. The Kier molecular flexibility index (Phi) is 4.81. The van der Waals surface area contributed by atoms with Gasteiger partial charge in [0, 0.05) is 38.1 Å². The van der Waals surface area contributed by atoms with Crippen molar-refractivity contribution in [2.75, 3.05) is 31.1 Å². The Morgan fingerprint density at radius 1 is 1.25 bits per heavy atom. The molecule has 6 nitrogen and oxygen atoms in total. The third-order valence-electron chi connectivity index (χ3n) is 3.96. The summed E-state index contributed by atoms with van der Waals surface area (Å²) in [6, 6.07) is 8.38. The fraction of sp³-hybridized carbons (Fsp3) is 0.312. The first-order valence-electron chi connectivity index (χ1n) is 7.48. The molecule has 0 N–H and O–H groups in total. The van der Waals surface area contributed by atoms with Crippen molar-refractivity contribution in [1.82, 2.24) is 14.7 Å². The Balaban J connectivity index is 1.56. The standard InChI is InChI=1S/C16H15BrFN5O/c17-16-12(9-19)10-23(20-16)11-15(24)22-7-5-21(6-8-22)14-3-1-13(18)2-4-14/h1-4,10H,5-8,11H2. The molecule has 1 amide bonds. The summed E-state index contributed by atoms with van der Waals surface area (Å²) in [6.07, 6.45) is 1.55. The zero-order chi connectivity index (χ0) is 17.1. The summed E-state index contributed by atoms with van der Waals surface area (Å²) < 4.78 is 14.9. The average molecular weight is 392 g/mol. The zero-order valence-electron chi connectivity index (χ0n) is 12.8. The molecule has 0 saturated carbocycles. The molecule has 0 unspecified atom stereocenters. The number of hydrogen-bond donors (Lipinski definition) is 0. The minimum Gasteiger partial charge on any atom is -0.368 e. The van der Waals surface area contributed by atoms with Crippen LogP contribution < -0.4 is 4.90 Å². The summed E-state index contributed by atoms with van der Waals surface area (Å²) >= 11 is 3.19. The number of carbonyl (C=O) groups excluding carboxylic acids is 1. The quantitative estimate of drug-likeness (QED) is 0.802. The lowest BCUT2D eigenvalue weighted by atomic mass is 10.2. The van der Waals surface area contributed by atoms with Crippen LogP contribution >= 0.6 is 15.9 Å². The summed E-state index contributed by atoms with van der Waals surface area (Å²) in [5.74, 6) is -0.289. The molecule has 24 heavy (non-hydrogen) atoms. The molecule has 1 fully saturated rings. The molecule has 0 bridgehead atoms. The van der Waals surface area contributed by atoms with Gasteiger partial charge in [0.05, 0.1) is 0 Å². The summed E-state index contributed by atoms with van der Waals surface area (Å²) in [5.41, 5.74) is 1.36. The van der Waals surface area contributed by atoms with Crippen LogP contribution in [-0.2, 0) is 11.3 Å². The van der Waals surface area contributed by atoms with Crippen molar-refractivity contribution in [2.45, 2.75) is 6.54 Å². The minimum absolute atomic E-state index is 0.0340. The van der Waals surface area contributed by atoms with E-state index in [4.69, 9.17) is 5.26 Å². The van der Waals surface area contributed by atoms with E-state index in [0.29, 0.717) is 36.3 Å². The van der Waals surface area contributed by atoms with Crippen LogP contribution in [0.5, 0.6) is 0 Å². The van der Waals surface area contributed by atoms with E-state index in [-0.39, 0.29) is 18.3 Å². The monoisotopic (exact) mass is 391 g/mol. The summed E-state index contributed by atoms with van der Waals surface area (Å²) in [5, 5.41) is 13.0. The van der Waals surface area contributed by atoms with E-state index in [1.807, 2.05) is 6.07 Å². The molecule has 2 aromatic rings. The minimum atomic E-state index is -0.255. The Labute approximate surface area is 147 Å². The Morgan fingerprint density at radius 3 is 2.50 bits per heavy atom. The number of amides is 1. The van der Waals surface area contributed by atoms with Gasteiger partial charge in [0.1, 0.15) is 28.6 Å². The number of halogens is 2. The van der Waals surface area contributed by atoms with E-state index >= 15 is 0 Å². The van der Waals surface area contributed by atoms with E-state index in [0.717, 1.165) is 5.69 Å². The van der Waals surface area contributed by atoms with E-state index in [1.165, 1.54) is 16.8 Å². The van der Waals surface area contributed by atoms with Gasteiger partial charge in [-0.25, -0.2) is 4.39 Å². The van der Waals surface area contributed by atoms with Crippen molar-refractivity contribution in [2.24, 2.45) is 0 Å². The molecule has 1 aliphatic heterocycles. The molecule has 2 heterocycles. The Hall–Kier alpha value is -2.40.